The predicted molar refractivity (Wildman–Crippen MR) is 85.1 cm³/mol. The van der Waals surface area contributed by atoms with Crippen LogP contribution in [0.25, 0.3) is 0 Å². The predicted octanol–water partition coefficient (Wildman–Crippen LogP) is 1.68. The van der Waals surface area contributed by atoms with E-state index in [1.165, 1.54) is 12.1 Å². The van der Waals surface area contributed by atoms with E-state index in [1.807, 2.05) is 6.92 Å². The monoisotopic (exact) mass is 365 g/mol. The summed E-state index contributed by atoms with van der Waals surface area (Å²) in [7, 11) is 0. The van der Waals surface area contributed by atoms with E-state index in [-0.39, 0.29) is 30.9 Å². The fourth-order valence-electron chi connectivity index (χ4n) is 2.49. The normalized spacial score (nSPS) is 17.8. The zero-order valence-corrected chi connectivity index (χ0v) is 13.8. The highest BCUT2D eigenvalue weighted by molar-refractivity contribution is 5.97. The van der Waals surface area contributed by atoms with Crippen molar-refractivity contribution in [2.24, 2.45) is 0 Å². The number of carbonyl (C=O) groups excluding carboxylic acids is 2. The lowest BCUT2D eigenvalue weighted by Crippen LogP contribution is -2.54. The molecule has 0 spiro atoms. The molecular weight excluding hydrogens is 347 g/mol. The largest absolute Gasteiger partial charge is 0.417 e. The minimum absolute atomic E-state index is 0. The molecule has 1 aliphatic rings. The van der Waals surface area contributed by atoms with Gasteiger partial charge in [-0.3, -0.25) is 9.59 Å². The highest BCUT2D eigenvalue weighted by Crippen LogP contribution is 2.31. The average molecular weight is 366 g/mol. The van der Waals surface area contributed by atoms with Crippen molar-refractivity contribution in [2.75, 3.05) is 26.2 Å². The van der Waals surface area contributed by atoms with E-state index in [0.717, 1.165) is 12.1 Å². The van der Waals surface area contributed by atoms with Gasteiger partial charge in [0, 0.05) is 25.7 Å². The van der Waals surface area contributed by atoms with Crippen LogP contribution in [0.5, 0.6) is 0 Å². The number of hydrogen-bond acceptors (Lipinski definition) is 3. The number of amides is 2. The molecule has 0 bridgehead atoms. The molecule has 1 aliphatic heterocycles. The van der Waals surface area contributed by atoms with Crippen molar-refractivity contribution in [2.45, 2.75) is 19.1 Å². The van der Waals surface area contributed by atoms with Crippen LogP contribution in [0.2, 0.25) is 0 Å². The zero-order chi connectivity index (χ0) is 17.0. The molecule has 2 amide bonds. The van der Waals surface area contributed by atoms with Gasteiger partial charge in [-0.2, -0.15) is 13.2 Å². The lowest BCUT2D eigenvalue weighted by atomic mass is 10.1. The highest BCUT2D eigenvalue weighted by atomic mass is 35.5. The van der Waals surface area contributed by atoms with Gasteiger partial charge in [0.15, 0.2) is 0 Å². The molecule has 1 fully saturated rings. The standard InChI is InChI=1S/C15H18F3N3O2.ClH/c1-10-8-19-6-7-21(10)13(22)9-20-14(23)11-4-2-3-5-12(11)15(16,17)18;/h2-5,10,19H,6-9H2,1H3,(H,20,23);1H/t10-;/m0./s1. The summed E-state index contributed by atoms with van der Waals surface area (Å²) >= 11 is 0. The molecule has 0 unspecified atom stereocenters. The summed E-state index contributed by atoms with van der Waals surface area (Å²) in [6.45, 7) is 3.35. The van der Waals surface area contributed by atoms with Crippen LogP contribution in [-0.2, 0) is 11.0 Å². The maximum atomic E-state index is 12.9. The number of hydrogen-bond donors (Lipinski definition) is 2. The zero-order valence-electron chi connectivity index (χ0n) is 13.0. The quantitative estimate of drug-likeness (QED) is 0.856. The first-order valence-electron chi connectivity index (χ1n) is 7.25. The Kier molecular flexibility index (Phi) is 7.04. The fraction of sp³-hybridized carbons (Fsp3) is 0.467. The molecule has 24 heavy (non-hydrogen) atoms. The average Bonchev–Trinajstić information content (AvgIpc) is 2.52. The van der Waals surface area contributed by atoms with E-state index in [9.17, 15) is 22.8 Å². The van der Waals surface area contributed by atoms with Crippen molar-refractivity contribution < 1.29 is 22.8 Å². The molecule has 0 aliphatic carbocycles. The van der Waals surface area contributed by atoms with Crippen LogP contribution in [-0.4, -0.2) is 48.9 Å². The van der Waals surface area contributed by atoms with Crippen LogP contribution >= 0.6 is 12.4 Å². The lowest BCUT2D eigenvalue weighted by molar-refractivity contribution is -0.137. The molecule has 0 radical (unpaired) electrons. The highest BCUT2D eigenvalue weighted by Gasteiger charge is 2.35. The summed E-state index contributed by atoms with van der Waals surface area (Å²) in [4.78, 5) is 25.7. The third-order valence-corrected chi connectivity index (χ3v) is 3.70. The molecule has 0 aromatic heterocycles. The van der Waals surface area contributed by atoms with Crippen LogP contribution in [0.4, 0.5) is 13.2 Å². The number of nitrogens with one attached hydrogen (secondary N) is 2. The van der Waals surface area contributed by atoms with E-state index in [0.29, 0.717) is 19.6 Å². The van der Waals surface area contributed by atoms with E-state index < -0.39 is 23.2 Å². The van der Waals surface area contributed by atoms with Gasteiger partial charge in [0.2, 0.25) is 5.91 Å². The molecule has 1 aromatic carbocycles. The molecule has 2 N–H and O–H groups in total. The van der Waals surface area contributed by atoms with Crippen molar-refractivity contribution in [1.29, 1.82) is 0 Å². The summed E-state index contributed by atoms with van der Waals surface area (Å²) in [6, 6.07) is 4.48. The van der Waals surface area contributed by atoms with Gasteiger partial charge in [-0.25, -0.2) is 0 Å². The van der Waals surface area contributed by atoms with Crippen molar-refractivity contribution in [3.8, 4) is 0 Å². The number of benzene rings is 1. The first kappa shape index (κ1) is 20.2. The number of alkyl halides is 3. The Balaban J connectivity index is 0.00000288. The maximum absolute atomic E-state index is 12.9. The summed E-state index contributed by atoms with van der Waals surface area (Å²) < 4.78 is 38.7. The van der Waals surface area contributed by atoms with Crippen LogP contribution in [0.15, 0.2) is 24.3 Å². The Hall–Kier alpha value is -1.80. The summed E-state index contributed by atoms with van der Waals surface area (Å²) in [6.07, 6.45) is -4.62. The third-order valence-electron chi connectivity index (χ3n) is 3.70. The van der Waals surface area contributed by atoms with Crippen LogP contribution in [0, 0.1) is 0 Å². The second-order valence-electron chi connectivity index (χ2n) is 5.37. The lowest BCUT2D eigenvalue weighted by Gasteiger charge is -2.34. The number of rotatable bonds is 3. The molecule has 2 rings (SSSR count). The fourth-order valence-corrected chi connectivity index (χ4v) is 2.49. The maximum Gasteiger partial charge on any atom is 0.417 e. The van der Waals surface area contributed by atoms with Crippen LogP contribution in [0.3, 0.4) is 0 Å². The summed E-state index contributed by atoms with van der Waals surface area (Å²) in [5, 5.41) is 5.41. The van der Waals surface area contributed by atoms with E-state index in [4.69, 9.17) is 0 Å². The number of halogens is 4. The minimum Gasteiger partial charge on any atom is -0.343 e. The van der Waals surface area contributed by atoms with E-state index in [2.05, 4.69) is 10.6 Å². The second kappa shape index (κ2) is 8.34. The Morgan fingerprint density at radius 2 is 2.00 bits per heavy atom. The molecule has 5 nitrogen and oxygen atoms in total. The van der Waals surface area contributed by atoms with Gasteiger partial charge in [0.25, 0.3) is 5.91 Å². The Morgan fingerprint density at radius 3 is 2.62 bits per heavy atom. The Bertz CT molecular complexity index is 596. The molecular formula is C15H19ClF3N3O2. The van der Waals surface area contributed by atoms with Crippen molar-refractivity contribution in [3.63, 3.8) is 0 Å². The van der Waals surface area contributed by atoms with Crippen LogP contribution < -0.4 is 10.6 Å². The van der Waals surface area contributed by atoms with Crippen LogP contribution in [0.1, 0.15) is 22.8 Å². The SMILES string of the molecule is C[C@H]1CNCCN1C(=O)CNC(=O)c1ccccc1C(F)(F)F.Cl. The van der Waals surface area contributed by atoms with Gasteiger partial charge in [0.05, 0.1) is 17.7 Å². The molecule has 1 heterocycles. The summed E-state index contributed by atoms with van der Waals surface area (Å²) in [5.74, 6) is -1.22. The Labute approximate surface area is 144 Å². The third kappa shape index (κ3) is 4.85. The summed E-state index contributed by atoms with van der Waals surface area (Å²) in [5.41, 5.74) is -1.50. The number of carbonyl (C=O) groups is 2. The topological polar surface area (TPSA) is 61.4 Å². The molecule has 1 aromatic rings. The molecule has 1 saturated heterocycles. The first-order chi connectivity index (χ1) is 10.8. The van der Waals surface area contributed by atoms with Gasteiger partial charge < -0.3 is 15.5 Å². The van der Waals surface area contributed by atoms with Gasteiger partial charge in [0.1, 0.15) is 0 Å². The van der Waals surface area contributed by atoms with E-state index >= 15 is 0 Å². The van der Waals surface area contributed by atoms with Crippen molar-refractivity contribution >= 4 is 24.2 Å². The van der Waals surface area contributed by atoms with Crippen molar-refractivity contribution in [1.82, 2.24) is 15.5 Å². The Morgan fingerprint density at radius 1 is 1.33 bits per heavy atom. The van der Waals surface area contributed by atoms with Gasteiger partial charge in [-0.15, -0.1) is 12.4 Å². The number of nitrogens with zero attached hydrogens (tertiary/aromatic N) is 1. The van der Waals surface area contributed by atoms with E-state index in [1.54, 1.807) is 4.90 Å². The second-order valence-corrected chi connectivity index (χ2v) is 5.37. The minimum atomic E-state index is -4.62. The van der Waals surface area contributed by atoms with Crippen molar-refractivity contribution in [3.05, 3.63) is 35.4 Å². The molecule has 0 saturated carbocycles. The van der Waals surface area contributed by atoms with Gasteiger partial charge in [-0.05, 0) is 19.1 Å². The van der Waals surface area contributed by atoms with Gasteiger partial charge in [-0.1, -0.05) is 12.1 Å². The van der Waals surface area contributed by atoms with Gasteiger partial charge >= 0.3 is 6.18 Å². The number of piperazine rings is 1. The first-order valence-corrected chi connectivity index (χ1v) is 7.25. The smallest absolute Gasteiger partial charge is 0.343 e. The molecule has 9 heteroatoms. The molecule has 134 valence electrons. The molecule has 1 atom stereocenters.